The van der Waals surface area contributed by atoms with Gasteiger partial charge in [-0.1, -0.05) is 0 Å². The van der Waals surface area contributed by atoms with Crippen LogP contribution in [0.3, 0.4) is 0 Å². The molecule has 6 heteroatoms. The number of amides is 4. The van der Waals surface area contributed by atoms with Crippen LogP contribution in [0.1, 0.15) is 12.8 Å². The lowest BCUT2D eigenvalue weighted by Crippen LogP contribution is -2.55. The summed E-state index contributed by atoms with van der Waals surface area (Å²) in [5, 5.41) is 4.81. The van der Waals surface area contributed by atoms with Crippen LogP contribution in [0.25, 0.3) is 0 Å². The maximum absolute atomic E-state index is 11.6. The highest BCUT2D eigenvalue weighted by Crippen LogP contribution is 2.25. The Hall–Kier alpha value is -2.03. The maximum Gasteiger partial charge on any atom is 0.322 e. The van der Waals surface area contributed by atoms with Crippen LogP contribution in [-0.2, 0) is 9.59 Å². The number of hydrogen-bond acceptors (Lipinski definition) is 3. The third-order valence-corrected chi connectivity index (χ3v) is 3.04. The molecule has 0 radical (unpaired) electrons. The molecule has 16 heavy (non-hydrogen) atoms. The molecule has 84 valence electrons. The molecule has 2 N–H and O–H groups in total. The molecule has 0 aliphatic carbocycles. The third kappa shape index (κ3) is 1.50. The topological polar surface area (TPSA) is 78.5 Å². The number of terminal acetylenes is 1. The van der Waals surface area contributed by atoms with E-state index < -0.39 is 11.6 Å². The Kier molecular flexibility index (Phi) is 2.31. The Bertz CT molecular complexity index is 402. The number of hydrogen-bond donors (Lipinski definition) is 2. The smallest absolute Gasteiger partial charge is 0.322 e. The molecule has 6 nitrogen and oxygen atoms in total. The summed E-state index contributed by atoms with van der Waals surface area (Å²) in [5.74, 6) is 1.34. The number of imide groups is 1. The van der Waals surface area contributed by atoms with Gasteiger partial charge in [-0.05, 0) is 18.8 Å². The first-order valence-electron chi connectivity index (χ1n) is 4.96. The van der Waals surface area contributed by atoms with E-state index in [1.807, 2.05) is 5.92 Å². The minimum atomic E-state index is -0.845. The number of rotatable bonds is 0. The lowest BCUT2D eigenvalue weighted by molar-refractivity contribution is -0.131. The van der Waals surface area contributed by atoms with Crippen molar-refractivity contribution >= 4 is 17.8 Å². The van der Waals surface area contributed by atoms with Crippen LogP contribution in [0, 0.1) is 12.3 Å². The van der Waals surface area contributed by atoms with Crippen LogP contribution < -0.4 is 10.6 Å². The summed E-state index contributed by atoms with van der Waals surface area (Å²) in [6, 6.07) is -0.471. The van der Waals surface area contributed by atoms with Gasteiger partial charge in [0.15, 0.2) is 0 Å². The average molecular weight is 221 g/mol. The molecule has 0 aromatic carbocycles. The quantitative estimate of drug-likeness (QED) is 0.399. The third-order valence-electron chi connectivity index (χ3n) is 3.04. The van der Waals surface area contributed by atoms with E-state index in [1.165, 1.54) is 4.90 Å². The van der Waals surface area contributed by atoms with Crippen molar-refractivity contribution in [3.05, 3.63) is 0 Å². The number of likely N-dealkylation sites (tertiary alicyclic amines) is 1. The van der Waals surface area contributed by atoms with E-state index in [2.05, 4.69) is 10.6 Å². The van der Waals surface area contributed by atoms with E-state index in [4.69, 9.17) is 6.42 Å². The van der Waals surface area contributed by atoms with Gasteiger partial charge in [-0.3, -0.25) is 14.9 Å². The molecule has 1 spiro atoms. The van der Waals surface area contributed by atoms with Crippen molar-refractivity contribution < 1.29 is 14.4 Å². The summed E-state index contributed by atoms with van der Waals surface area (Å²) in [6.07, 6.45) is 5.81. The Morgan fingerprint density at radius 2 is 2.00 bits per heavy atom. The Balaban J connectivity index is 2.05. The molecule has 0 aromatic rings. The second-order valence-electron chi connectivity index (χ2n) is 3.93. The molecule has 2 fully saturated rings. The Morgan fingerprint density at radius 3 is 2.44 bits per heavy atom. The highest BCUT2D eigenvalue weighted by atomic mass is 16.2. The maximum atomic E-state index is 11.6. The lowest BCUT2D eigenvalue weighted by Gasteiger charge is -2.36. The lowest BCUT2D eigenvalue weighted by atomic mass is 9.88. The Labute approximate surface area is 92.4 Å². The van der Waals surface area contributed by atoms with E-state index in [9.17, 15) is 14.4 Å². The summed E-state index contributed by atoms with van der Waals surface area (Å²) in [7, 11) is 0. The SMILES string of the molecule is C#CC(=O)N1CCC2(CC1)NC(=O)NC2=O. The first-order valence-corrected chi connectivity index (χ1v) is 4.96. The number of piperidine rings is 1. The van der Waals surface area contributed by atoms with Crippen molar-refractivity contribution in [1.82, 2.24) is 15.5 Å². The Morgan fingerprint density at radius 1 is 1.38 bits per heavy atom. The average Bonchev–Trinajstić information content (AvgIpc) is 2.54. The number of carbonyl (C=O) groups excluding carboxylic acids is 3. The summed E-state index contributed by atoms with van der Waals surface area (Å²) >= 11 is 0. The summed E-state index contributed by atoms with van der Waals surface area (Å²) < 4.78 is 0. The van der Waals surface area contributed by atoms with Gasteiger partial charge in [0.25, 0.3) is 11.8 Å². The number of nitrogens with one attached hydrogen (secondary N) is 2. The van der Waals surface area contributed by atoms with Crippen LogP contribution in [0.5, 0.6) is 0 Å². The summed E-state index contributed by atoms with van der Waals surface area (Å²) in [4.78, 5) is 35.3. The zero-order valence-electron chi connectivity index (χ0n) is 8.58. The van der Waals surface area contributed by atoms with Gasteiger partial charge in [0.05, 0.1) is 0 Å². The predicted molar refractivity (Wildman–Crippen MR) is 54.1 cm³/mol. The van der Waals surface area contributed by atoms with Crippen molar-refractivity contribution in [2.45, 2.75) is 18.4 Å². The molecule has 2 heterocycles. The number of nitrogens with zero attached hydrogens (tertiary/aromatic N) is 1. The minimum Gasteiger partial charge on any atom is -0.332 e. The second kappa shape index (κ2) is 3.52. The summed E-state index contributed by atoms with van der Waals surface area (Å²) in [6.45, 7) is 0.771. The molecule has 0 aromatic heterocycles. The number of carbonyl (C=O) groups is 3. The van der Waals surface area contributed by atoms with E-state index in [-0.39, 0.29) is 11.8 Å². The normalized spacial score (nSPS) is 22.6. The van der Waals surface area contributed by atoms with Crippen LogP contribution in [-0.4, -0.2) is 41.4 Å². The molecule has 0 atom stereocenters. The molecule has 0 bridgehead atoms. The molecule has 2 rings (SSSR count). The second-order valence-corrected chi connectivity index (χ2v) is 3.93. The van der Waals surface area contributed by atoms with Crippen LogP contribution in [0.4, 0.5) is 4.79 Å². The van der Waals surface area contributed by atoms with Crippen LogP contribution in [0.2, 0.25) is 0 Å². The highest BCUT2D eigenvalue weighted by Gasteiger charge is 2.48. The zero-order chi connectivity index (χ0) is 11.8. The number of urea groups is 1. The molecule has 0 unspecified atom stereocenters. The monoisotopic (exact) mass is 221 g/mol. The van der Waals surface area contributed by atoms with Crippen molar-refractivity contribution in [3.63, 3.8) is 0 Å². The predicted octanol–water partition coefficient (Wildman–Crippen LogP) is -1.18. The van der Waals surface area contributed by atoms with Crippen molar-refractivity contribution in [3.8, 4) is 12.3 Å². The molecule has 0 saturated carbocycles. The van der Waals surface area contributed by atoms with Gasteiger partial charge >= 0.3 is 6.03 Å². The molecular formula is C10H11N3O3. The standard InChI is InChI=1S/C10H11N3O3/c1-2-7(14)13-5-3-10(4-6-13)8(15)11-9(16)12-10/h1H,3-6H2,(H2,11,12,15,16). The van der Waals surface area contributed by atoms with Gasteiger partial charge < -0.3 is 10.2 Å². The van der Waals surface area contributed by atoms with Gasteiger partial charge in [-0.15, -0.1) is 6.42 Å². The minimum absolute atomic E-state index is 0.315. The van der Waals surface area contributed by atoms with E-state index in [0.29, 0.717) is 25.9 Å². The van der Waals surface area contributed by atoms with E-state index in [0.717, 1.165) is 0 Å². The molecule has 2 aliphatic heterocycles. The van der Waals surface area contributed by atoms with Crippen molar-refractivity contribution in [2.75, 3.05) is 13.1 Å². The van der Waals surface area contributed by atoms with Gasteiger partial charge in [-0.25, -0.2) is 4.79 Å². The molecular weight excluding hydrogens is 210 g/mol. The van der Waals surface area contributed by atoms with Gasteiger partial charge in [-0.2, -0.15) is 0 Å². The first kappa shape index (κ1) is 10.5. The van der Waals surface area contributed by atoms with E-state index >= 15 is 0 Å². The zero-order valence-corrected chi connectivity index (χ0v) is 8.58. The van der Waals surface area contributed by atoms with E-state index in [1.54, 1.807) is 0 Å². The van der Waals surface area contributed by atoms with Crippen molar-refractivity contribution in [1.29, 1.82) is 0 Å². The summed E-state index contributed by atoms with van der Waals surface area (Å²) in [5.41, 5.74) is -0.845. The molecule has 4 amide bonds. The van der Waals surface area contributed by atoms with Crippen LogP contribution >= 0.6 is 0 Å². The fourth-order valence-corrected chi connectivity index (χ4v) is 2.06. The van der Waals surface area contributed by atoms with Gasteiger partial charge in [0.1, 0.15) is 5.54 Å². The van der Waals surface area contributed by atoms with Gasteiger partial charge in [0, 0.05) is 13.1 Å². The largest absolute Gasteiger partial charge is 0.332 e. The van der Waals surface area contributed by atoms with Gasteiger partial charge in [0.2, 0.25) is 0 Å². The molecule has 2 aliphatic rings. The fourth-order valence-electron chi connectivity index (χ4n) is 2.06. The van der Waals surface area contributed by atoms with Crippen LogP contribution in [0.15, 0.2) is 0 Å². The fraction of sp³-hybridized carbons (Fsp3) is 0.500. The molecule has 2 saturated heterocycles. The highest BCUT2D eigenvalue weighted by molar-refractivity contribution is 6.07. The van der Waals surface area contributed by atoms with Crippen molar-refractivity contribution in [2.24, 2.45) is 0 Å². The first-order chi connectivity index (χ1) is 7.57.